The molecule has 0 spiro atoms. The van der Waals surface area contributed by atoms with E-state index in [1.54, 1.807) is 0 Å². The lowest BCUT2D eigenvalue weighted by Gasteiger charge is -2.44. The summed E-state index contributed by atoms with van der Waals surface area (Å²) in [4.78, 5) is 2.67. The van der Waals surface area contributed by atoms with Crippen LogP contribution in [-0.4, -0.2) is 30.6 Å². The Hall–Kier alpha value is -0.860. The lowest BCUT2D eigenvalue weighted by molar-refractivity contribution is 0.0682. The fourth-order valence-electron chi connectivity index (χ4n) is 3.47. The van der Waals surface area contributed by atoms with Crippen molar-refractivity contribution in [3.63, 3.8) is 0 Å². The molecule has 0 saturated carbocycles. The number of nitrogens with one attached hydrogen (secondary N) is 1. The molecule has 20 heavy (non-hydrogen) atoms. The maximum Gasteiger partial charge on any atom is 0.0475 e. The molecule has 0 radical (unpaired) electrons. The van der Waals surface area contributed by atoms with Crippen LogP contribution in [0.5, 0.6) is 0 Å². The number of hydrogen-bond acceptors (Lipinski definition) is 2. The molecule has 0 amide bonds. The standard InChI is InChI=1S/C18H30N2/c1-5-19-17(16-10-7-6-8-11-16)15(2)20-13-9-12-18(3,4)14-20/h6-8,10-11,15,17,19H,5,9,12-14H2,1-4H3. The van der Waals surface area contributed by atoms with Crippen LogP contribution in [0.3, 0.4) is 0 Å². The lowest BCUT2D eigenvalue weighted by atomic mass is 9.83. The van der Waals surface area contributed by atoms with Crippen LogP contribution in [0.4, 0.5) is 0 Å². The Balaban J connectivity index is 2.12. The van der Waals surface area contributed by atoms with Crippen molar-refractivity contribution in [2.75, 3.05) is 19.6 Å². The molecule has 2 rings (SSSR count). The fraction of sp³-hybridized carbons (Fsp3) is 0.667. The molecular weight excluding hydrogens is 244 g/mol. The van der Waals surface area contributed by atoms with E-state index >= 15 is 0 Å². The van der Waals surface area contributed by atoms with Gasteiger partial charge in [0, 0.05) is 18.6 Å². The minimum Gasteiger partial charge on any atom is -0.309 e. The molecule has 2 atom stereocenters. The summed E-state index contributed by atoms with van der Waals surface area (Å²) in [5.41, 5.74) is 1.87. The molecule has 112 valence electrons. The quantitative estimate of drug-likeness (QED) is 0.877. The third kappa shape index (κ3) is 3.83. The Morgan fingerprint density at radius 1 is 1.25 bits per heavy atom. The van der Waals surface area contributed by atoms with Gasteiger partial charge in [-0.1, -0.05) is 51.1 Å². The van der Waals surface area contributed by atoms with Gasteiger partial charge < -0.3 is 5.32 Å². The predicted molar refractivity (Wildman–Crippen MR) is 86.9 cm³/mol. The number of hydrogen-bond donors (Lipinski definition) is 1. The maximum atomic E-state index is 3.68. The maximum absolute atomic E-state index is 3.68. The van der Waals surface area contributed by atoms with Gasteiger partial charge in [-0.3, -0.25) is 4.90 Å². The summed E-state index contributed by atoms with van der Waals surface area (Å²) in [7, 11) is 0. The van der Waals surface area contributed by atoms with Crippen LogP contribution in [0.15, 0.2) is 30.3 Å². The van der Waals surface area contributed by atoms with E-state index in [-0.39, 0.29) is 0 Å². The van der Waals surface area contributed by atoms with Gasteiger partial charge >= 0.3 is 0 Å². The number of rotatable bonds is 5. The second-order valence-corrected chi connectivity index (χ2v) is 6.92. The second-order valence-electron chi connectivity index (χ2n) is 6.92. The molecule has 2 unspecified atom stereocenters. The molecule has 1 aliphatic rings. The van der Waals surface area contributed by atoms with Gasteiger partial charge in [0.1, 0.15) is 0 Å². The van der Waals surface area contributed by atoms with E-state index in [0.29, 0.717) is 17.5 Å². The molecule has 1 N–H and O–H groups in total. The van der Waals surface area contributed by atoms with Gasteiger partial charge in [-0.05, 0) is 43.8 Å². The fourth-order valence-corrected chi connectivity index (χ4v) is 3.47. The SMILES string of the molecule is CCNC(c1ccccc1)C(C)N1CCCC(C)(C)C1. The summed E-state index contributed by atoms with van der Waals surface area (Å²) in [5, 5.41) is 3.68. The molecule has 1 aliphatic heterocycles. The molecule has 2 nitrogen and oxygen atoms in total. The van der Waals surface area contributed by atoms with E-state index in [1.807, 2.05) is 0 Å². The van der Waals surface area contributed by atoms with Gasteiger partial charge in [-0.2, -0.15) is 0 Å². The van der Waals surface area contributed by atoms with Crippen molar-refractivity contribution in [1.82, 2.24) is 10.2 Å². The highest BCUT2D eigenvalue weighted by Gasteiger charge is 2.32. The summed E-state index contributed by atoms with van der Waals surface area (Å²) in [6, 6.07) is 11.9. The minimum absolute atomic E-state index is 0.426. The van der Waals surface area contributed by atoms with Crippen LogP contribution in [0.25, 0.3) is 0 Å². The zero-order chi connectivity index (χ0) is 14.6. The van der Waals surface area contributed by atoms with Crippen molar-refractivity contribution in [3.05, 3.63) is 35.9 Å². The first-order valence-corrected chi connectivity index (χ1v) is 8.06. The molecule has 1 aromatic carbocycles. The van der Waals surface area contributed by atoms with Gasteiger partial charge in [-0.25, -0.2) is 0 Å². The highest BCUT2D eigenvalue weighted by atomic mass is 15.2. The van der Waals surface area contributed by atoms with E-state index in [4.69, 9.17) is 0 Å². The van der Waals surface area contributed by atoms with Gasteiger partial charge in [0.2, 0.25) is 0 Å². The summed E-state index contributed by atoms with van der Waals surface area (Å²) >= 11 is 0. The normalized spacial score (nSPS) is 22.4. The second kappa shape index (κ2) is 6.73. The smallest absolute Gasteiger partial charge is 0.0475 e. The summed E-state index contributed by atoms with van der Waals surface area (Å²) in [5.74, 6) is 0. The number of likely N-dealkylation sites (N-methyl/N-ethyl adjacent to an activating group) is 1. The van der Waals surface area contributed by atoms with E-state index in [2.05, 4.69) is 68.2 Å². The van der Waals surface area contributed by atoms with Crippen molar-refractivity contribution < 1.29 is 0 Å². The molecule has 0 bridgehead atoms. The van der Waals surface area contributed by atoms with Gasteiger partial charge in [0.05, 0.1) is 0 Å². The Kier molecular flexibility index (Phi) is 5.22. The van der Waals surface area contributed by atoms with Crippen molar-refractivity contribution in [2.24, 2.45) is 5.41 Å². The van der Waals surface area contributed by atoms with Crippen molar-refractivity contribution in [2.45, 2.75) is 52.6 Å². The van der Waals surface area contributed by atoms with Crippen molar-refractivity contribution >= 4 is 0 Å². The Morgan fingerprint density at radius 3 is 2.55 bits per heavy atom. The van der Waals surface area contributed by atoms with Crippen molar-refractivity contribution in [1.29, 1.82) is 0 Å². The average Bonchev–Trinajstić information content (AvgIpc) is 2.44. The Bertz CT molecular complexity index is 399. The monoisotopic (exact) mass is 274 g/mol. The number of piperidine rings is 1. The van der Waals surface area contributed by atoms with Gasteiger partial charge in [0.15, 0.2) is 0 Å². The molecule has 1 saturated heterocycles. The highest BCUT2D eigenvalue weighted by molar-refractivity contribution is 5.20. The third-order valence-electron chi connectivity index (χ3n) is 4.57. The van der Waals surface area contributed by atoms with Crippen LogP contribution in [-0.2, 0) is 0 Å². The van der Waals surface area contributed by atoms with E-state index in [1.165, 1.54) is 31.5 Å². The highest BCUT2D eigenvalue weighted by Crippen LogP contribution is 2.32. The zero-order valence-electron chi connectivity index (χ0n) is 13.5. The van der Waals surface area contributed by atoms with Crippen LogP contribution >= 0.6 is 0 Å². The molecular formula is C18H30N2. The zero-order valence-corrected chi connectivity index (χ0v) is 13.5. The van der Waals surface area contributed by atoms with Crippen LogP contribution in [0.1, 0.15) is 52.1 Å². The number of benzene rings is 1. The topological polar surface area (TPSA) is 15.3 Å². The van der Waals surface area contributed by atoms with E-state index in [9.17, 15) is 0 Å². The minimum atomic E-state index is 0.426. The summed E-state index contributed by atoms with van der Waals surface area (Å²) in [6.45, 7) is 12.8. The van der Waals surface area contributed by atoms with Gasteiger partial charge in [-0.15, -0.1) is 0 Å². The third-order valence-corrected chi connectivity index (χ3v) is 4.57. The lowest BCUT2D eigenvalue weighted by Crippen LogP contribution is -2.49. The molecule has 1 heterocycles. The van der Waals surface area contributed by atoms with Crippen LogP contribution < -0.4 is 5.32 Å². The Morgan fingerprint density at radius 2 is 1.95 bits per heavy atom. The average molecular weight is 274 g/mol. The summed E-state index contributed by atoms with van der Waals surface area (Å²) < 4.78 is 0. The molecule has 1 fully saturated rings. The van der Waals surface area contributed by atoms with Gasteiger partial charge in [0.25, 0.3) is 0 Å². The molecule has 0 aliphatic carbocycles. The molecule has 2 heteroatoms. The van der Waals surface area contributed by atoms with Crippen LogP contribution in [0.2, 0.25) is 0 Å². The predicted octanol–water partition coefficient (Wildman–Crippen LogP) is 3.85. The number of likely N-dealkylation sites (tertiary alicyclic amines) is 1. The van der Waals surface area contributed by atoms with Crippen molar-refractivity contribution in [3.8, 4) is 0 Å². The summed E-state index contributed by atoms with van der Waals surface area (Å²) in [6.07, 6.45) is 2.68. The van der Waals surface area contributed by atoms with E-state index < -0.39 is 0 Å². The Labute approximate surface area is 124 Å². The number of nitrogens with zero attached hydrogens (tertiary/aromatic N) is 1. The first kappa shape index (κ1) is 15.5. The first-order valence-electron chi connectivity index (χ1n) is 8.06. The molecule has 0 aromatic heterocycles. The largest absolute Gasteiger partial charge is 0.309 e. The first-order chi connectivity index (χ1) is 9.53. The van der Waals surface area contributed by atoms with Crippen LogP contribution in [0, 0.1) is 5.41 Å². The van der Waals surface area contributed by atoms with E-state index in [0.717, 1.165) is 6.54 Å². The molecule has 1 aromatic rings.